The predicted octanol–water partition coefficient (Wildman–Crippen LogP) is 3.54. The molecule has 20 heavy (non-hydrogen) atoms. The van der Waals surface area contributed by atoms with Crippen LogP contribution >= 0.6 is 10.7 Å². The zero-order chi connectivity index (χ0) is 14.9. The molecule has 0 saturated heterocycles. The molecule has 0 aliphatic carbocycles. The zero-order valence-electron chi connectivity index (χ0n) is 11.4. The number of nitrogens with zero attached hydrogens (tertiary/aromatic N) is 1. The molecule has 6 heteroatoms. The highest BCUT2D eigenvalue weighted by molar-refractivity contribution is 8.14. The third-order valence-corrected chi connectivity index (χ3v) is 4.54. The van der Waals surface area contributed by atoms with Crippen molar-refractivity contribution in [1.29, 1.82) is 0 Å². The van der Waals surface area contributed by atoms with E-state index in [1.165, 1.54) is 13.3 Å². The number of ether oxygens (including phenoxy) is 1. The van der Waals surface area contributed by atoms with Crippen molar-refractivity contribution < 1.29 is 13.2 Å². The van der Waals surface area contributed by atoms with Gasteiger partial charge in [-0.2, -0.15) is 0 Å². The number of fused-ring (bicyclic) bond motifs is 1. The Bertz CT molecular complexity index is 762. The summed E-state index contributed by atoms with van der Waals surface area (Å²) in [4.78, 5) is 0.0653. The number of hydrogen-bond donors (Lipinski definition) is 0. The van der Waals surface area contributed by atoms with Crippen LogP contribution < -0.4 is 4.74 Å². The Labute approximate surface area is 123 Å². The molecule has 0 atom stereocenters. The van der Waals surface area contributed by atoms with Crippen molar-refractivity contribution in [2.75, 3.05) is 7.11 Å². The molecule has 0 bridgehead atoms. The standard InChI is InChI=1S/C14H16ClNO3S/c1-4-10(2)8-16-9-13(20(15,17)18)14-11(16)6-5-7-12(14)19-3/h5-7,9H,2,4,8H2,1,3H3. The average Bonchev–Trinajstić information content (AvgIpc) is 2.77. The van der Waals surface area contributed by atoms with E-state index in [4.69, 9.17) is 15.4 Å². The van der Waals surface area contributed by atoms with Gasteiger partial charge < -0.3 is 9.30 Å². The van der Waals surface area contributed by atoms with Gasteiger partial charge in [0, 0.05) is 23.4 Å². The summed E-state index contributed by atoms with van der Waals surface area (Å²) in [6.07, 6.45) is 2.36. The maximum absolute atomic E-state index is 11.8. The molecule has 1 aromatic carbocycles. The molecule has 0 radical (unpaired) electrons. The Morgan fingerprint density at radius 2 is 2.15 bits per heavy atom. The molecule has 0 aliphatic rings. The van der Waals surface area contributed by atoms with Gasteiger partial charge in [-0.25, -0.2) is 8.42 Å². The summed E-state index contributed by atoms with van der Waals surface area (Å²) < 4.78 is 30.6. The van der Waals surface area contributed by atoms with Gasteiger partial charge in [0.15, 0.2) is 0 Å². The van der Waals surface area contributed by atoms with Crippen LogP contribution in [0.15, 0.2) is 41.4 Å². The summed E-state index contributed by atoms with van der Waals surface area (Å²) in [6, 6.07) is 5.37. The SMILES string of the molecule is C=C(CC)Cn1cc(S(=O)(=O)Cl)c2c(OC)cccc21. The minimum absolute atomic E-state index is 0.0653. The zero-order valence-corrected chi connectivity index (χ0v) is 13.0. The Kier molecular flexibility index (Phi) is 4.11. The van der Waals surface area contributed by atoms with Crippen LogP contribution in [0.4, 0.5) is 0 Å². The summed E-state index contributed by atoms with van der Waals surface area (Å²) in [5, 5.41) is 0.508. The highest BCUT2D eigenvalue weighted by Crippen LogP contribution is 2.35. The Balaban J connectivity index is 2.76. The minimum atomic E-state index is -3.84. The number of methoxy groups -OCH3 is 1. The van der Waals surface area contributed by atoms with Crippen molar-refractivity contribution in [1.82, 2.24) is 4.57 Å². The molecule has 1 heterocycles. The number of hydrogen-bond acceptors (Lipinski definition) is 3. The third-order valence-electron chi connectivity index (χ3n) is 3.21. The molecule has 0 fully saturated rings. The maximum Gasteiger partial charge on any atom is 0.263 e. The molecule has 2 rings (SSSR count). The normalized spacial score (nSPS) is 11.8. The number of allylic oxidation sites excluding steroid dienone is 1. The van der Waals surface area contributed by atoms with Crippen molar-refractivity contribution in [2.45, 2.75) is 24.8 Å². The van der Waals surface area contributed by atoms with E-state index >= 15 is 0 Å². The van der Waals surface area contributed by atoms with Gasteiger partial charge in [0.2, 0.25) is 0 Å². The fourth-order valence-corrected chi connectivity index (χ4v) is 3.17. The van der Waals surface area contributed by atoms with Crippen LogP contribution in [0.3, 0.4) is 0 Å². The van der Waals surface area contributed by atoms with Crippen molar-refractivity contribution in [3.63, 3.8) is 0 Å². The van der Waals surface area contributed by atoms with Crippen molar-refractivity contribution in [2.24, 2.45) is 0 Å². The largest absolute Gasteiger partial charge is 0.496 e. The molecule has 0 N–H and O–H groups in total. The third kappa shape index (κ3) is 2.69. The lowest BCUT2D eigenvalue weighted by molar-refractivity contribution is 0.419. The quantitative estimate of drug-likeness (QED) is 0.626. The van der Waals surface area contributed by atoms with Crippen molar-refractivity contribution in [3.8, 4) is 5.75 Å². The van der Waals surface area contributed by atoms with Crippen LogP contribution in [-0.2, 0) is 15.6 Å². The number of halogens is 1. The van der Waals surface area contributed by atoms with E-state index < -0.39 is 9.05 Å². The van der Waals surface area contributed by atoms with Gasteiger partial charge in [0.05, 0.1) is 18.0 Å². The molecule has 108 valence electrons. The van der Waals surface area contributed by atoms with E-state index in [-0.39, 0.29) is 4.90 Å². The van der Waals surface area contributed by atoms with Gasteiger partial charge in [-0.15, -0.1) is 0 Å². The first-order chi connectivity index (χ1) is 9.38. The monoisotopic (exact) mass is 313 g/mol. The van der Waals surface area contributed by atoms with Gasteiger partial charge in [-0.3, -0.25) is 0 Å². The smallest absolute Gasteiger partial charge is 0.263 e. The molecule has 4 nitrogen and oxygen atoms in total. The summed E-state index contributed by atoms with van der Waals surface area (Å²) >= 11 is 0. The molecular weight excluding hydrogens is 298 g/mol. The number of benzene rings is 1. The maximum atomic E-state index is 11.8. The fraction of sp³-hybridized carbons (Fsp3) is 0.286. The lowest BCUT2D eigenvalue weighted by atomic mass is 10.2. The Hall–Kier alpha value is -1.46. The van der Waals surface area contributed by atoms with Crippen LogP contribution in [0.25, 0.3) is 10.9 Å². The molecular formula is C14H16ClNO3S. The second-order valence-electron chi connectivity index (χ2n) is 4.52. The van der Waals surface area contributed by atoms with Crippen LogP contribution in [0, 0.1) is 0 Å². The molecule has 0 saturated carbocycles. The van der Waals surface area contributed by atoms with E-state index in [0.29, 0.717) is 17.7 Å². The van der Waals surface area contributed by atoms with Gasteiger partial charge in [0.25, 0.3) is 9.05 Å². The highest BCUT2D eigenvalue weighted by atomic mass is 35.7. The predicted molar refractivity (Wildman–Crippen MR) is 81.0 cm³/mol. The van der Waals surface area contributed by atoms with E-state index in [1.807, 2.05) is 23.6 Å². The van der Waals surface area contributed by atoms with Gasteiger partial charge in [-0.05, 0) is 18.6 Å². The number of aromatic nitrogens is 1. The van der Waals surface area contributed by atoms with E-state index in [9.17, 15) is 8.42 Å². The molecule has 0 spiro atoms. The summed E-state index contributed by atoms with van der Waals surface area (Å²) in [7, 11) is 3.19. The minimum Gasteiger partial charge on any atom is -0.496 e. The second-order valence-corrected chi connectivity index (χ2v) is 7.05. The summed E-state index contributed by atoms with van der Waals surface area (Å²) in [5.41, 5.74) is 1.77. The van der Waals surface area contributed by atoms with Crippen LogP contribution in [-0.4, -0.2) is 20.1 Å². The van der Waals surface area contributed by atoms with Crippen molar-refractivity contribution >= 4 is 30.6 Å². The Morgan fingerprint density at radius 3 is 2.70 bits per heavy atom. The first-order valence-electron chi connectivity index (χ1n) is 6.15. The molecule has 0 aliphatic heterocycles. The van der Waals surface area contributed by atoms with Gasteiger partial charge in [0.1, 0.15) is 10.6 Å². The molecule has 1 aromatic heterocycles. The highest BCUT2D eigenvalue weighted by Gasteiger charge is 2.21. The first kappa shape index (κ1) is 14.9. The lowest BCUT2D eigenvalue weighted by Gasteiger charge is -2.07. The van der Waals surface area contributed by atoms with Crippen LogP contribution in [0.2, 0.25) is 0 Å². The van der Waals surface area contributed by atoms with Gasteiger partial charge in [-0.1, -0.05) is 25.1 Å². The van der Waals surface area contributed by atoms with E-state index in [1.54, 1.807) is 6.07 Å². The van der Waals surface area contributed by atoms with Crippen LogP contribution in [0.5, 0.6) is 5.75 Å². The second kappa shape index (κ2) is 5.50. The van der Waals surface area contributed by atoms with E-state index in [2.05, 4.69) is 6.58 Å². The van der Waals surface area contributed by atoms with E-state index in [0.717, 1.165) is 17.5 Å². The topological polar surface area (TPSA) is 48.3 Å². The van der Waals surface area contributed by atoms with Crippen molar-refractivity contribution in [3.05, 3.63) is 36.5 Å². The first-order valence-corrected chi connectivity index (χ1v) is 8.46. The van der Waals surface area contributed by atoms with Crippen LogP contribution in [0.1, 0.15) is 13.3 Å². The molecule has 0 unspecified atom stereocenters. The fourth-order valence-electron chi connectivity index (χ4n) is 2.12. The Morgan fingerprint density at radius 1 is 1.45 bits per heavy atom. The van der Waals surface area contributed by atoms with Gasteiger partial charge >= 0.3 is 0 Å². The lowest BCUT2D eigenvalue weighted by Crippen LogP contribution is -1.98. The number of rotatable bonds is 5. The average molecular weight is 314 g/mol. The summed E-state index contributed by atoms with van der Waals surface area (Å²) in [6.45, 7) is 6.51. The summed E-state index contributed by atoms with van der Waals surface area (Å²) in [5.74, 6) is 0.489. The molecule has 2 aromatic rings. The molecule has 0 amide bonds.